The zero-order valence-electron chi connectivity index (χ0n) is 17.4. The molecule has 0 saturated carbocycles. The number of amides is 1. The van der Waals surface area contributed by atoms with Crippen molar-refractivity contribution in [3.8, 4) is 0 Å². The van der Waals surface area contributed by atoms with Gasteiger partial charge in [0.2, 0.25) is 5.96 Å². The van der Waals surface area contributed by atoms with Gasteiger partial charge in [0, 0.05) is 6.54 Å². The Bertz CT molecular complexity index is 1020. The van der Waals surface area contributed by atoms with Crippen LogP contribution in [-0.4, -0.2) is 56.4 Å². The molecular formula is C18H25F3N6O3S. The van der Waals surface area contributed by atoms with Crippen LogP contribution in [-0.2, 0) is 20.2 Å². The van der Waals surface area contributed by atoms with Crippen molar-refractivity contribution in [3.63, 3.8) is 0 Å². The number of nitrogen functional groups attached to an aromatic ring is 1. The summed E-state index contributed by atoms with van der Waals surface area (Å²) in [5.41, 5.74) is 1.30. The Balaban J connectivity index is 2.20. The predicted molar refractivity (Wildman–Crippen MR) is 109 cm³/mol. The molecule has 172 valence electrons. The average molecular weight is 462 g/mol. The lowest BCUT2D eigenvalue weighted by molar-refractivity contribution is 0.0526. The molecule has 0 aromatic carbocycles. The first-order valence-corrected chi connectivity index (χ1v) is 11.3. The summed E-state index contributed by atoms with van der Waals surface area (Å²) in [6, 6.07) is 2.01. The molecule has 13 heteroatoms. The van der Waals surface area contributed by atoms with Crippen LogP contribution in [0, 0.1) is 5.82 Å². The van der Waals surface area contributed by atoms with E-state index in [2.05, 4.69) is 19.7 Å². The maximum absolute atomic E-state index is 14.6. The third-order valence-corrected chi connectivity index (χ3v) is 7.05. The first kappa shape index (κ1) is 23.1. The molecule has 3 rings (SSSR count). The number of aliphatic imine (C=N–C) groups is 1. The Hall–Kier alpha value is -2.57. The molecule has 0 aliphatic carbocycles. The van der Waals surface area contributed by atoms with Crippen molar-refractivity contribution in [1.29, 1.82) is 0 Å². The number of aromatic nitrogens is 1. The minimum absolute atomic E-state index is 0.156. The fourth-order valence-electron chi connectivity index (χ4n) is 3.30. The lowest BCUT2D eigenvalue weighted by Crippen LogP contribution is -2.58. The van der Waals surface area contributed by atoms with Gasteiger partial charge in [-0.05, 0) is 45.7 Å². The molecule has 31 heavy (non-hydrogen) atoms. The van der Waals surface area contributed by atoms with Crippen LogP contribution in [0.5, 0.6) is 0 Å². The number of pyridine rings is 1. The highest BCUT2D eigenvalue weighted by Gasteiger charge is 2.53. The van der Waals surface area contributed by atoms with Crippen molar-refractivity contribution < 1.29 is 26.9 Å². The Labute approximate surface area is 178 Å². The molecule has 0 radical (unpaired) electrons. The van der Waals surface area contributed by atoms with Crippen molar-refractivity contribution in [2.24, 2.45) is 9.36 Å². The van der Waals surface area contributed by atoms with Crippen molar-refractivity contribution in [2.45, 2.75) is 51.2 Å². The van der Waals surface area contributed by atoms with Gasteiger partial charge < -0.3 is 10.5 Å². The van der Waals surface area contributed by atoms with E-state index < -0.39 is 56.8 Å². The summed E-state index contributed by atoms with van der Waals surface area (Å²) in [6.07, 6.45) is -3.18. The van der Waals surface area contributed by atoms with Gasteiger partial charge in [0.1, 0.15) is 32.8 Å². The molecule has 0 saturated heterocycles. The molecule has 0 fully saturated rings. The van der Waals surface area contributed by atoms with E-state index >= 15 is 0 Å². The number of nitrogens with one attached hydrogen (secondary N) is 1. The standard InChI is InChI=1S/C18H25F3N6O3S/c1-17(2,3)30-16(28)25-15-26-18(14(20)21,13-11(19)6-7-12(22)24-13)10-31(29)23-8-4-5-9-27(15)31/h6-7,14H,4-5,8-10H2,1-3H3,(H2,22,24)(H,25,26,28)/t18-,31+/m0/s1. The number of nitrogens with two attached hydrogens (primary N) is 1. The fraction of sp³-hybridized carbons (Fsp3) is 0.611. The Kier molecular flexibility index (Phi) is 6.09. The van der Waals surface area contributed by atoms with Gasteiger partial charge in [-0.15, -0.1) is 0 Å². The van der Waals surface area contributed by atoms with Gasteiger partial charge in [0.15, 0.2) is 5.54 Å². The summed E-state index contributed by atoms with van der Waals surface area (Å²) < 4.78 is 67.9. The van der Waals surface area contributed by atoms with Gasteiger partial charge in [-0.2, -0.15) is 0 Å². The third-order valence-electron chi connectivity index (χ3n) is 4.61. The van der Waals surface area contributed by atoms with Crippen LogP contribution in [0.3, 0.4) is 0 Å². The van der Waals surface area contributed by atoms with Crippen LogP contribution in [0.4, 0.5) is 23.8 Å². The number of carbonyl (C=O) groups is 1. The van der Waals surface area contributed by atoms with Crippen molar-refractivity contribution in [3.05, 3.63) is 23.6 Å². The van der Waals surface area contributed by atoms with E-state index in [0.29, 0.717) is 12.8 Å². The summed E-state index contributed by atoms with van der Waals surface area (Å²) >= 11 is 0. The van der Waals surface area contributed by atoms with Crippen LogP contribution in [0.1, 0.15) is 39.3 Å². The minimum atomic E-state index is -3.51. The molecule has 2 aliphatic rings. The van der Waals surface area contributed by atoms with Crippen LogP contribution < -0.4 is 11.1 Å². The Morgan fingerprint density at radius 2 is 2.06 bits per heavy atom. The quantitative estimate of drug-likeness (QED) is 0.700. The number of halogens is 3. The number of nitrogens with zero attached hydrogens (tertiary/aromatic N) is 4. The SMILES string of the molecule is CC(C)(C)OC(=O)NC1=N[C@@](c2nc(N)ccc2F)(C(F)F)C[S@@]2(=O)=NCCCCN12. The summed E-state index contributed by atoms with van der Waals surface area (Å²) in [5.74, 6) is -2.52. The van der Waals surface area contributed by atoms with E-state index in [1.807, 2.05) is 0 Å². The number of rotatable bonds is 2. The monoisotopic (exact) mass is 462 g/mol. The zero-order chi connectivity index (χ0) is 23.0. The van der Waals surface area contributed by atoms with Gasteiger partial charge in [-0.1, -0.05) is 0 Å². The predicted octanol–water partition coefficient (Wildman–Crippen LogP) is 2.64. The second-order valence-electron chi connectivity index (χ2n) is 8.27. The number of alkyl halides is 2. The van der Waals surface area contributed by atoms with Gasteiger partial charge in [0.05, 0.1) is 12.3 Å². The van der Waals surface area contributed by atoms with Crippen LogP contribution in [0.2, 0.25) is 0 Å². The first-order valence-electron chi connectivity index (χ1n) is 9.65. The molecule has 2 aliphatic heterocycles. The summed E-state index contributed by atoms with van der Waals surface area (Å²) in [4.78, 5) is 20.1. The Morgan fingerprint density at radius 1 is 1.35 bits per heavy atom. The molecule has 9 nitrogen and oxygen atoms in total. The molecule has 1 aromatic rings. The van der Waals surface area contributed by atoms with E-state index in [0.717, 1.165) is 12.1 Å². The van der Waals surface area contributed by atoms with Gasteiger partial charge in [-0.3, -0.25) is 9.62 Å². The number of fused-ring (bicyclic) bond motifs is 1. The topological polar surface area (TPSA) is 122 Å². The number of carbonyl (C=O) groups excluding carboxylic acids is 1. The van der Waals surface area contributed by atoms with Gasteiger partial charge in [0.25, 0.3) is 6.43 Å². The largest absolute Gasteiger partial charge is 0.444 e. The van der Waals surface area contributed by atoms with E-state index in [1.54, 1.807) is 20.8 Å². The Morgan fingerprint density at radius 3 is 2.71 bits per heavy atom. The molecule has 0 unspecified atom stereocenters. The number of anilines is 1. The smallest absolute Gasteiger partial charge is 0.414 e. The molecule has 0 spiro atoms. The zero-order valence-corrected chi connectivity index (χ0v) is 18.2. The second-order valence-corrected chi connectivity index (χ2v) is 10.5. The van der Waals surface area contributed by atoms with E-state index in [4.69, 9.17) is 10.5 Å². The minimum Gasteiger partial charge on any atom is -0.444 e. The lowest BCUT2D eigenvalue weighted by Gasteiger charge is -2.40. The molecule has 2 atom stereocenters. The first-order chi connectivity index (χ1) is 14.4. The lowest BCUT2D eigenvalue weighted by atomic mass is 9.97. The van der Waals surface area contributed by atoms with E-state index in [9.17, 15) is 22.2 Å². The fourth-order valence-corrected chi connectivity index (χ4v) is 5.77. The van der Waals surface area contributed by atoms with Gasteiger partial charge in [-0.25, -0.2) is 36.5 Å². The third kappa shape index (κ3) is 4.70. The van der Waals surface area contributed by atoms with Crippen LogP contribution in [0.15, 0.2) is 21.5 Å². The normalized spacial score (nSPS) is 26.4. The van der Waals surface area contributed by atoms with Gasteiger partial charge >= 0.3 is 6.09 Å². The molecule has 1 amide bonds. The molecule has 3 N–H and O–H groups in total. The number of guanidine groups is 1. The maximum atomic E-state index is 14.6. The second kappa shape index (κ2) is 8.17. The van der Waals surface area contributed by atoms with E-state index in [1.165, 1.54) is 4.31 Å². The number of hydrogen-bond donors (Lipinski definition) is 2. The summed E-state index contributed by atoms with van der Waals surface area (Å²) in [7, 11) is -3.51. The van der Waals surface area contributed by atoms with Crippen LogP contribution in [0.25, 0.3) is 0 Å². The number of ether oxygens (including phenoxy) is 1. The average Bonchev–Trinajstić information content (AvgIpc) is 2.83. The highest BCUT2D eigenvalue weighted by atomic mass is 32.2. The molecular weight excluding hydrogens is 437 g/mol. The summed E-state index contributed by atoms with van der Waals surface area (Å²) in [5, 5.41) is 2.30. The van der Waals surface area contributed by atoms with Crippen molar-refractivity contribution in [1.82, 2.24) is 14.6 Å². The van der Waals surface area contributed by atoms with Crippen molar-refractivity contribution in [2.75, 3.05) is 24.6 Å². The van der Waals surface area contributed by atoms with Crippen molar-refractivity contribution >= 4 is 27.8 Å². The van der Waals surface area contributed by atoms with E-state index in [-0.39, 0.29) is 18.9 Å². The highest BCUT2D eigenvalue weighted by molar-refractivity contribution is 7.92. The molecule has 1 aromatic heterocycles. The van der Waals surface area contributed by atoms with Crippen LogP contribution >= 0.6 is 0 Å². The molecule has 3 heterocycles. The maximum Gasteiger partial charge on any atom is 0.414 e. The summed E-state index contributed by atoms with van der Waals surface area (Å²) in [6.45, 7) is 5.18. The molecule has 0 bridgehead atoms. The number of alkyl carbamates (subject to hydrolysis) is 1. The highest BCUT2D eigenvalue weighted by Crippen LogP contribution is 2.40. The number of hydrogen-bond acceptors (Lipinski definition) is 7.